The standard InChI is InChI=1S/C13H17N5O.2ClH/c1-10(6-14)13(19)17-12-4-2-3-11(5-12)7-18-9-15-8-16-18;;/h2-5,8-10H,6-7,14H2,1H3,(H,17,19);2*1H. The number of carbonyl (C=O) groups is 1. The van der Waals surface area contributed by atoms with Gasteiger partial charge in [-0.3, -0.25) is 4.79 Å². The van der Waals surface area contributed by atoms with E-state index >= 15 is 0 Å². The first-order valence-electron chi connectivity index (χ1n) is 6.11. The number of anilines is 1. The summed E-state index contributed by atoms with van der Waals surface area (Å²) < 4.78 is 1.73. The van der Waals surface area contributed by atoms with Gasteiger partial charge in [0.05, 0.1) is 6.54 Å². The second-order valence-corrected chi connectivity index (χ2v) is 4.42. The minimum Gasteiger partial charge on any atom is -0.330 e. The third kappa shape index (κ3) is 5.71. The zero-order chi connectivity index (χ0) is 13.7. The second-order valence-electron chi connectivity index (χ2n) is 4.42. The lowest BCUT2D eigenvalue weighted by molar-refractivity contribution is -0.119. The molecule has 3 N–H and O–H groups in total. The van der Waals surface area contributed by atoms with Crippen molar-refractivity contribution in [3.8, 4) is 0 Å². The molecule has 0 aliphatic heterocycles. The number of hydrogen-bond donors (Lipinski definition) is 2. The SMILES string of the molecule is CC(CN)C(=O)Nc1cccc(Cn2cncn2)c1.Cl.Cl. The Morgan fingerprint density at radius 1 is 1.43 bits per heavy atom. The number of amides is 1. The molecular formula is C13H19Cl2N5O. The van der Waals surface area contributed by atoms with Crippen LogP contribution in [0.5, 0.6) is 0 Å². The van der Waals surface area contributed by atoms with Crippen LogP contribution in [0.3, 0.4) is 0 Å². The van der Waals surface area contributed by atoms with E-state index in [4.69, 9.17) is 5.73 Å². The summed E-state index contributed by atoms with van der Waals surface area (Å²) in [7, 11) is 0. The molecular weight excluding hydrogens is 313 g/mol. The summed E-state index contributed by atoms with van der Waals surface area (Å²) in [4.78, 5) is 15.6. The molecule has 0 aliphatic rings. The average Bonchev–Trinajstić information content (AvgIpc) is 2.91. The predicted octanol–water partition coefficient (Wildman–Crippen LogP) is 1.70. The zero-order valence-corrected chi connectivity index (χ0v) is 13.2. The van der Waals surface area contributed by atoms with Crippen LogP contribution >= 0.6 is 24.8 Å². The van der Waals surface area contributed by atoms with Gasteiger partial charge in [-0.15, -0.1) is 24.8 Å². The Labute approximate surface area is 135 Å². The largest absolute Gasteiger partial charge is 0.330 e. The lowest BCUT2D eigenvalue weighted by Crippen LogP contribution is -2.26. The molecule has 1 unspecified atom stereocenters. The molecule has 6 nitrogen and oxygen atoms in total. The summed E-state index contributed by atoms with van der Waals surface area (Å²) >= 11 is 0. The van der Waals surface area contributed by atoms with Crippen LogP contribution in [0, 0.1) is 5.92 Å². The topological polar surface area (TPSA) is 85.8 Å². The fraction of sp³-hybridized carbons (Fsp3) is 0.308. The van der Waals surface area contributed by atoms with Crippen LogP contribution in [-0.4, -0.2) is 27.2 Å². The van der Waals surface area contributed by atoms with Crippen LogP contribution in [0.15, 0.2) is 36.9 Å². The van der Waals surface area contributed by atoms with Gasteiger partial charge in [-0.25, -0.2) is 9.67 Å². The van der Waals surface area contributed by atoms with E-state index < -0.39 is 0 Å². The van der Waals surface area contributed by atoms with E-state index in [-0.39, 0.29) is 36.6 Å². The molecule has 21 heavy (non-hydrogen) atoms. The molecule has 0 saturated carbocycles. The highest BCUT2D eigenvalue weighted by molar-refractivity contribution is 5.92. The molecule has 0 saturated heterocycles. The average molecular weight is 332 g/mol. The summed E-state index contributed by atoms with van der Waals surface area (Å²) in [6.07, 6.45) is 3.15. The molecule has 1 amide bonds. The van der Waals surface area contributed by atoms with Crippen LogP contribution in [0.1, 0.15) is 12.5 Å². The van der Waals surface area contributed by atoms with Gasteiger partial charge in [0.2, 0.25) is 5.91 Å². The number of nitrogens with zero attached hydrogens (tertiary/aromatic N) is 3. The van der Waals surface area contributed by atoms with E-state index in [1.54, 1.807) is 17.9 Å². The first kappa shape index (κ1) is 19.4. The van der Waals surface area contributed by atoms with E-state index in [0.717, 1.165) is 11.3 Å². The van der Waals surface area contributed by atoms with Gasteiger partial charge < -0.3 is 11.1 Å². The van der Waals surface area contributed by atoms with Gasteiger partial charge in [0.25, 0.3) is 0 Å². The number of rotatable bonds is 5. The molecule has 1 aromatic heterocycles. The zero-order valence-electron chi connectivity index (χ0n) is 11.6. The molecule has 1 aromatic carbocycles. The van der Waals surface area contributed by atoms with E-state index in [2.05, 4.69) is 15.4 Å². The number of benzene rings is 1. The van der Waals surface area contributed by atoms with Crippen molar-refractivity contribution in [3.05, 3.63) is 42.5 Å². The van der Waals surface area contributed by atoms with Crippen molar-refractivity contribution in [2.75, 3.05) is 11.9 Å². The molecule has 0 spiro atoms. The van der Waals surface area contributed by atoms with Crippen LogP contribution in [0.25, 0.3) is 0 Å². The van der Waals surface area contributed by atoms with Crippen molar-refractivity contribution in [2.24, 2.45) is 11.7 Å². The maximum absolute atomic E-state index is 11.8. The Kier molecular flexibility index (Phi) is 8.61. The molecule has 8 heteroatoms. The van der Waals surface area contributed by atoms with Crippen molar-refractivity contribution in [2.45, 2.75) is 13.5 Å². The Balaban J connectivity index is 0.00000200. The van der Waals surface area contributed by atoms with Gasteiger partial charge in [0, 0.05) is 18.2 Å². The molecule has 1 atom stereocenters. The predicted molar refractivity (Wildman–Crippen MR) is 86.9 cm³/mol. The quantitative estimate of drug-likeness (QED) is 0.873. The fourth-order valence-corrected chi connectivity index (χ4v) is 1.62. The number of nitrogens with one attached hydrogen (secondary N) is 1. The summed E-state index contributed by atoms with van der Waals surface area (Å²) in [5.41, 5.74) is 7.28. The van der Waals surface area contributed by atoms with E-state index in [0.29, 0.717) is 13.1 Å². The second kappa shape index (κ2) is 9.33. The maximum Gasteiger partial charge on any atom is 0.228 e. The van der Waals surface area contributed by atoms with Gasteiger partial charge in [0.1, 0.15) is 12.7 Å². The highest BCUT2D eigenvalue weighted by atomic mass is 35.5. The smallest absolute Gasteiger partial charge is 0.228 e. The van der Waals surface area contributed by atoms with Gasteiger partial charge in [-0.2, -0.15) is 5.10 Å². The van der Waals surface area contributed by atoms with E-state index in [1.165, 1.54) is 6.33 Å². The van der Waals surface area contributed by atoms with Crippen LogP contribution in [-0.2, 0) is 11.3 Å². The Morgan fingerprint density at radius 3 is 2.81 bits per heavy atom. The molecule has 0 fully saturated rings. The summed E-state index contributed by atoms with van der Waals surface area (Å²) in [6.45, 7) is 2.76. The van der Waals surface area contributed by atoms with Crippen LogP contribution < -0.4 is 11.1 Å². The lowest BCUT2D eigenvalue weighted by atomic mass is 10.1. The summed E-state index contributed by atoms with van der Waals surface area (Å²) in [6, 6.07) is 7.65. The minimum atomic E-state index is -0.195. The molecule has 0 bridgehead atoms. The Hall–Kier alpha value is -1.63. The number of aromatic nitrogens is 3. The van der Waals surface area contributed by atoms with Crippen LogP contribution in [0.4, 0.5) is 5.69 Å². The summed E-state index contributed by atoms with van der Waals surface area (Å²) in [5, 5.41) is 6.89. The van der Waals surface area contributed by atoms with Crippen molar-refractivity contribution >= 4 is 36.4 Å². The fourth-order valence-electron chi connectivity index (χ4n) is 1.62. The van der Waals surface area contributed by atoms with Crippen molar-refractivity contribution < 1.29 is 4.79 Å². The van der Waals surface area contributed by atoms with Crippen molar-refractivity contribution in [1.82, 2.24) is 14.8 Å². The molecule has 2 rings (SSSR count). The van der Waals surface area contributed by atoms with Crippen LogP contribution in [0.2, 0.25) is 0 Å². The third-order valence-electron chi connectivity index (χ3n) is 2.81. The Morgan fingerprint density at radius 2 is 2.19 bits per heavy atom. The molecule has 1 heterocycles. The van der Waals surface area contributed by atoms with Crippen molar-refractivity contribution in [3.63, 3.8) is 0 Å². The van der Waals surface area contributed by atoms with Gasteiger partial charge >= 0.3 is 0 Å². The van der Waals surface area contributed by atoms with Gasteiger partial charge in [-0.1, -0.05) is 19.1 Å². The monoisotopic (exact) mass is 331 g/mol. The number of hydrogen-bond acceptors (Lipinski definition) is 4. The number of halogens is 2. The minimum absolute atomic E-state index is 0. The highest BCUT2D eigenvalue weighted by Gasteiger charge is 2.10. The first-order valence-corrected chi connectivity index (χ1v) is 6.11. The normalized spacial score (nSPS) is 11.0. The summed E-state index contributed by atoms with van der Waals surface area (Å²) in [5.74, 6) is -0.264. The molecule has 0 aliphatic carbocycles. The van der Waals surface area contributed by atoms with Gasteiger partial charge in [0.15, 0.2) is 0 Å². The Bertz CT molecular complexity index is 547. The van der Waals surface area contributed by atoms with E-state index in [9.17, 15) is 4.79 Å². The molecule has 0 radical (unpaired) electrons. The maximum atomic E-state index is 11.8. The number of nitrogens with two attached hydrogens (primary N) is 1. The third-order valence-corrected chi connectivity index (χ3v) is 2.81. The van der Waals surface area contributed by atoms with Crippen molar-refractivity contribution in [1.29, 1.82) is 0 Å². The van der Waals surface area contributed by atoms with E-state index in [1.807, 2.05) is 24.3 Å². The lowest BCUT2D eigenvalue weighted by Gasteiger charge is -2.11. The number of carbonyl (C=O) groups excluding carboxylic acids is 1. The molecule has 2 aromatic rings. The first-order chi connectivity index (χ1) is 9.19. The van der Waals surface area contributed by atoms with Gasteiger partial charge in [-0.05, 0) is 17.7 Å². The highest BCUT2D eigenvalue weighted by Crippen LogP contribution is 2.12. The molecule has 116 valence electrons.